The lowest BCUT2D eigenvalue weighted by Gasteiger charge is -2.50. The average Bonchev–Trinajstić information content (AvgIpc) is 3.09. The normalized spacial score (nSPS) is 24.8. The fraction of sp³-hybridized carbons (Fsp3) is 0.316. The third-order valence-corrected chi connectivity index (χ3v) is 5.59. The summed E-state index contributed by atoms with van der Waals surface area (Å²) in [6.45, 7) is 2.09. The van der Waals surface area contributed by atoms with Crippen LogP contribution < -0.4 is 29.2 Å². The minimum atomic E-state index is -0.866. The van der Waals surface area contributed by atoms with Crippen molar-refractivity contribution in [2.45, 2.75) is 25.1 Å². The van der Waals surface area contributed by atoms with Crippen molar-refractivity contribution in [2.75, 3.05) is 18.8 Å². The minimum Gasteiger partial charge on any atom is -0.493 e. The zero-order chi connectivity index (χ0) is 18.8. The van der Waals surface area contributed by atoms with Crippen molar-refractivity contribution in [3.8, 4) is 23.0 Å². The van der Waals surface area contributed by atoms with Crippen LogP contribution in [0.4, 0.5) is 10.5 Å². The molecule has 2 amide bonds. The summed E-state index contributed by atoms with van der Waals surface area (Å²) in [5.74, 6) is 2.55. The second-order valence-electron chi connectivity index (χ2n) is 6.88. The maximum atomic E-state index is 13.0. The van der Waals surface area contributed by atoms with Gasteiger partial charge in [-0.2, -0.15) is 0 Å². The van der Waals surface area contributed by atoms with Gasteiger partial charge < -0.3 is 24.3 Å². The summed E-state index contributed by atoms with van der Waals surface area (Å²) < 4.78 is 23.6. The van der Waals surface area contributed by atoms with Gasteiger partial charge in [-0.25, -0.2) is 4.79 Å². The number of amides is 2. The summed E-state index contributed by atoms with van der Waals surface area (Å²) in [7, 11) is 1.60. The molecule has 1 fully saturated rings. The number of benzene rings is 2. The van der Waals surface area contributed by atoms with Crippen molar-refractivity contribution < 1.29 is 23.7 Å². The van der Waals surface area contributed by atoms with E-state index in [1.165, 1.54) is 0 Å². The van der Waals surface area contributed by atoms with E-state index in [1.54, 1.807) is 24.1 Å². The number of nitrogens with zero attached hydrogens (tertiary/aromatic N) is 1. The highest BCUT2D eigenvalue weighted by molar-refractivity contribution is 9.10. The van der Waals surface area contributed by atoms with E-state index in [0.29, 0.717) is 35.1 Å². The van der Waals surface area contributed by atoms with E-state index in [1.807, 2.05) is 25.1 Å². The van der Waals surface area contributed by atoms with Gasteiger partial charge in [-0.05, 0) is 31.2 Å². The van der Waals surface area contributed by atoms with Crippen molar-refractivity contribution >= 4 is 27.6 Å². The summed E-state index contributed by atoms with van der Waals surface area (Å²) in [4.78, 5) is 14.6. The molecule has 0 aromatic heterocycles. The van der Waals surface area contributed by atoms with Crippen LogP contribution in [0.1, 0.15) is 24.9 Å². The fourth-order valence-corrected chi connectivity index (χ4v) is 4.42. The van der Waals surface area contributed by atoms with Gasteiger partial charge in [0.25, 0.3) is 0 Å². The maximum Gasteiger partial charge on any atom is 0.325 e. The van der Waals surface area contributed by atoms with Crippen molar-refractivity contribution in [1.82, 2.24) is 5.32 Å². The predicted octanol–water partition coefficient (Wildman–Crippen LogP) is 3.96. The molecule has 0 aliphatic carbocycles. The number of ether oxygens (including phenoxy) is 4. The molecule has 3 aliphatic heterocycles. The Bertz CT molecular complexity index is 965. The Morgan fingerprint density at radius 1 is 1.26 bits per heavy atom. The fourth-order valence-electron chi connectivity index (χ4n) is 3.97. The number of carbonyl (C=O) groups is 1. The van der Waals surface area contributed by atoms with E-state index < -0.39 is 5.72 Å². The standard InChI is InChI=1S/C19H17BrN2O5/c1-19-8-13(12-5-10(20)6-16(24-2)17(12)27-19)21-18(23)22(19)11-3-4-14-15(7-11)26-9-25-14/h3-7,13H,8-9H2,1-2H3,(H,21,23). The molecule has 0 spiro atoms. The van der Waals surface area contributed by atoms with E-state index in [-0.39, 0.29) is 18.9 Å². The summed E-state index contributed by atoms with van der Waals surface area (Å²) in [5.41, 5.74) is 0.712. The van der Waals surface area contributed by atoms with Gasteiger partial charge in [0.15, 0.2) is 28.7 Å². The van der Waals surface area contributed by atoms with Gasteiger partial charge in [-0.3, -0.25) is 4.90 Å². The Kier molecular flexibility index (Phi) is 3.49. The molecule has 0 saturated carbocycles. The highest BCUT2D eigenvalue weighted by Gasteiger charge is 2.51. The van der Waals surface area contributed by atoms with Crippen LogP contribution in [0.25, 0.3) is 0 Å². The Hall–Kier alpha value is -2.61. The quantitative estimate of drug-likeness (QED) is 0.777. The molecule has 1 saturated heterocycles. The number of hydrogen-bond acceptors (Lipinski definition) is 5. The molecule has 27 heavy (non-hydrogen) atoms. The topological polar surface area (TPSA) is 69.3 Å². The smallest absolute Gasteiger partial charge is 0.325 e. The first kappa shape index (κ1) is 16.6. The monoisotopic (exact) mass is 432 g/mol. The molecule has 2 bridgehead atoms. The molecule has 2 atom stereocenters. The number of fused-ring (bicyclic) bond motifs is 5. The van der Waals surface area contributed by atoms with Gasteiger partial charge in [0.2, 0.25) is 6.79 Å². The second-order valence-corrected chi connectivity index (χ2v) is 7.80. The number of carbonyl (C=O) groups excluding carboxylic acids is 1. The van der Waals surface area contributed by atoms with Crippen LogP contribution in [0.3, 0.4) is 0 Å². The predicted molar refractivity (Wildman–Crippen MR) is 101 cm³/mol. The minimum absolute atomic E-state index is 0.164. The first-order valence-electron chi connectivity index (χ1n) is 8.55. The van der Waals surface area contributed by atoms with Gasteiger partial charge in [0.05, 0.1) is 18.8 Å². The van der Waals surface area contributed by atoms with E-state index in [2.05, 4.69) is 21.2 Å². The lowest BCUT2D eigenvalue weighted by molar-refractivity contribution is 0.0349. The van der Waals surface area contributed by atoms with Crippen molar-refractivity contribution in [3.63, 3.8) is 0 Å². The van der Waals surface area contributed by atoms with E-state index in [9.17, 15) is 4.79 Å². The number of anilines is 1. The van der Waals surface area contributed by atoms with E-state index >= 15 is 0 Å². The van der Waals surface area contributed by atoms with Crippen LogP contribution in [0.2, 0.25) is 0 Å². The zero-order valence-corrected chi connectivity index (χ0v) is 16.3. The Balaban J connectivity index is 1.61. The molecular formula is C19H17BrN2O5. The van der Waals surface area contributed by atoms with Gasteiger partial charge in [-0.1, -0.05) is 15.9 Å². The molecule has 8 heteroatoms. The molecule has 5 rings (SSSR count). The molecule has 0 radical (unpaired) electrons. The molecule has 2 unspecified atom stereocenters. The number of methoxy groups -OCH3 is 1. The van der Waals surface area contributed by atoms with Crippen LogP contribution in [-0.4, -0.2) is 25.7 Å². The summed E-state index contributed by atoms with van der Waals surface area (Å²) >= 11 is 3.49. The average molecular weight is 433 g/mol. The highest BCUT2D eigenvalue weighted by atomic mass is 79.9. The third-order valence-electron chi connectivity index (χ3n) is 5.14. The van der Waals surface area contributed by atoms with Crippen LogP contribution in [0.5, 0.6) is 23.0 Å². The summed E-state index contributed by atoms with van der Waals surface area (Å²) in [6.07, 6.45) is 0.597. The van der Waals surface area contributed by atoms with E-state index in [0.717, 1.165) is 10.0 Å². The molecular weight excluding hydrogens is 416 g/mol. The van der Waals surface area contributed by atoms with Crippen LogP contribution in [0.15, 0.2) is 34.8 Å². The van der Waals surface area contributed by atoms with Gasteiger partial charge in [0, 0.05) is 22.5 Å². The van der Waals surface area contributed by atoms with Crippen molar-refractivity contribution in [2.24, 2.45) is 0 Å². The molecule has 3 aliphatic rings. The Morgan fingerprint density at radius 2 is 2.07 bits per heavy atom. The van der Waals surface area contributed by atoms with Crippen LogP contribution in [-0.2, 0) is 0 Å². The van der Waals surface area contributed by atoms with Gasteiger partial charge >= 0.3 is 6.03 Å². The number of rotatable bonds is 2. The van der Waals surface area contributed by atoms with Crippen molar-refractivity contribution in [3.05, 3.63) is 40.4 Å². The lowest BCUT2D eigenvalue weighted by atomic mass is 9.90. The first-order chi connectivity index (χ1) is 13.0. The molecule has 3 heterocycles. The number of nitrogens with one attached hydrogen (secondary N) is 1. The SMILES string of the molecule is COc1cc(Br)cc2c1OC1(C)CC2NC(=O)N1c1ccc2c(c1)OCO2. The molecule has 1 N–H and O–H groups in total. The summed E-state index contributed by atoms with van der Waals surface area (Å²) in [5, 5.41) is 3.08. The van der Waals surface area contributed by atoms with Gasteiger partial charge in [0.1, 0.15) is 0 Å². The summed E-state index contributed by atoms with van der Waals surface area (Å²) in [6, 6.07) is 8.85. The molecule has 2 aromatic rings. The number of halogens is 1. The van der Waals surface area contributed by atoms with Gasteiger partial charge in [-0.15, -0.1) is 0 Å². The Labute approximate surface area is 164 Å². The highest BCUT2D eigenvalue weighted by Crippen LogP contribution is 2.50. The van der Waals surface area contributed by atoms with Crippen LogP contribution >= 0.6 is 15.9 Å². The largest absolute Gasteiger partial charge is 0.493 e. The maximum absolute atomic E-state index is 13.0. The third kappa shape index (κ3) is 2.43. The second kappa shape index (κ2) is 5.69. The Morgan fingerprint density at radius 3 is 2.89 bits per heavy atom. The van der Waals surface area contributed by atoms with Crippen LogP contribution in [0, 0.1) is 0 Å². The molecule has 7 nitrogen and oxygen atoms in total. The lowest BCUT2D eigenvalue weighted by Crippen LogP contribution is -2.65. The number of urea groups is 1. The zero-order valence-electron chi connectivity index (χ0n) is 14.7. The van der Waals surface area contributed by atoms with Crippen molar-refractivity contribution in [1.29, 1.82) is 0 Å². The van der Waals surface area contributed by atoms with E-state index in [4.69, 9.17) is 18.9 Å². The molecule has 2 aromatic carbocycles. The number of hydrogen-bond donors (Lipinski definition) is 1. The molecule has 140 valence electrons. The first-order valence-corrected chi connectivity index (χ1v) is 9.35.